The van der Waals surface area contributed by atoms with Crippen molar-refractivity contribution >= 4 is 12.0 Å². The minimum atomic E-state index is -0.991. The highest BCUT2D eigenvalue weighted by Gasteiger charge is 2.39. The summed E-state index contributed by atoms with van der Waals surface area (Å²) in [6.07, 6.45) is 1.33. The molecule has 0 spiro atoms. The Morgan fingerprint density at radius 1 is 1.29 bits per heavy atom. The summed E-state index contributed by atoms with van der Waals surface area (Å²) in [5.74, 6) is -0.441. The second-order valence-corrected chi connectivity index (χ2v) is 6.00. The third kappa shape index (κ3) is 4.48. The van der Waals surface area contributed by atoms with Gasteiger partial charge in [-0.05, 0) is 24.3 Å². The molecule has 0 bridgehead atoms. The van der Waals surface area contributed by atoms with Crippen LogP contribution in [0.5, 0.6) is 0 Å². The van der Waals surface area contributed by atoms with Crippen molar-refractivity contribution in [3.05, 3.63) is 35.9 Å². The van der Waals surface area contributed by atoms with Crippen molar-refractivity contribution < 1.29 is 14.7 Å². The van der Waals surface area contributed by atoms with Gasteiger partial charge in [-0.1, -0.05) is 44.2 Å². The van der Waals surface area contributed by atoms with Crippen molar-refractivity contribution in [1.82, 2.24) is 10.6 Å². The van der Waals surface area contributed by atoms with E-state index in [1.807, 2.05) is 44.2 Å². The summed E-state index contributed by atoms with van der Waals surface area (Å²) < 4.78 is 0. The van der Waals surface area contributed by atoms with Crippen LogP contribution in [0.15, 0.2) is 30.3 Å². The van der Waals surface area contributed by atoms with E-state index in [2.05, 4.69) is 10.6 Å². The smallest absolute Gasteiger partial charge is 0.326 e. The monoisotopic (exact) mass is 290 g/mol. The van der Waals surface area contributed by atoms with E-state index in [0.717, 1.165) is 6.42 Å². The van der Waals surface area contributed by atoms with Crippen LogP contribution in [-0.4, -0.2) is 29.2 Å². The van der Waals surface area contributed by atoms with Gasteiger partial charge >= 0.3 is 12.0 Å². The molecule has 5 heteroatoms. The summed E-state index contributed by atoms with van der Waals surface area (Å²) in [6.45, 7) is 3.86. The SMILES string of the molecule is CC(C)CC(NC(=O)NC1CC1c1ccccc1)C(=O)O. The number of hydrogen-bond acceptors (Lipinski definition) is 2. The molecule has 1 aromatic rings. The van der Waals surface area contributed by atoms with Crippen molar-refractivity contribution in [3.63, 3.8) is 0 Å². The molecule has 2 amide bonds. The number of carboxylic acids is 1. The minimum absolute atomic E-state index is 0.0981. The normalized spacial score (nSPS) is 21.7. The summed E-state index contributed by atoms with van der Waals surface area (Å²) in [5.41, 5.74) is 1.21. The lowest BCUT2D eigenvalue weighted by Gasteiger charge is -2.17. The van der Waals surface area contributed by atoms with Gasteiger partial charge in [0.1, 0.15) is 6.04 Å². The summed E-state index contributed by atoms with van der Waals surface area (Å²) in [5, 5.41) is 14.5. The minimum Gasteiger partial charge on any atom is -0.480 e. The number of rotatable bonds is 6. The number of hydrogen-bond donors (Lipinski definition) is 3. The molecular weight excluding hydrogens is 268 g/mol. The van der Waals surface area contributed by atoms with Crippen LogP contribution in [0, 0.1) is 5.92 Å². The number of carbonyl (C=O) groups excluding carboxylic acids is 1. The third-order valence-corrected chi connectivity index (χ3v) is 3.65. The van der Waals surface area contributed by atoms with Gasteiger partial charge in [0, 0.05) is 12.0 Å². The lowest BCUT2D eigenvalue weighted by atomic mass is 10.0. The first-order valence-electron chi connectivity index (χ1n) is 7.32. The number of benzene rings is 1. The molecule has 3 unspecified atom stereocenters. The lowest BCUT2D eigenvalue weighted by molar-refractivity contribution is -0.139. The van der Waals surface area contributed by atoms with Gasteiger partial charge in [-0.3, -0.25) is 0 Å². The zero-order chi connectivity index (χ0) is 15.4. The molecule has 2 rings (SSSR count). The highest BCUT2D eigenvalue weighted by atomic mass is 16.4. The van der Waals surface area contributed by atoms with E-state index in [4.69, 9.17) is 5.11 Å². The third-order valence-electron chi connectivity index (χ3n) is 3.65. The number of amides is 2. The van der Waals surface area contributed by atoms with Gasteiger partial charge in [0.25, 0.3) is 0 Å². The van der Waals surface area contributed by atoms with Gasteiger partial charge < -0.3 is 15.7 Å². The molecule has 21 heavy (non-hydrogen) atoms. The Bertz CT molecular complexity index is 502. The van der Waals surface area contributed by atoms with Crippen LogP contribution >= 0.6 is 0 Å². The lowest BCUT2D eigenvalue weighted by Crippen LogP contribution is -2.47. The zero-order valence-corrected chi connectivity index (χ0v) is 12.4. The Hall–Kier alpha value is -2.04. The predicted molar refractivity (Wildman–Crippen MR) is 80.1 cm³/mol. The van der Waals surface area contributed by atoms with E-state index in [1.165, 1.54) is 5.56 Å². The summed E-state index contributed by atoms with van der Waals surface area (Å²) in [4.78, 5) is 23.0. The molecule has 1 aromatic carbocycles. The Kier molecular flexibility index (Phi) is 4.83. The maximum Gasteiger partial charge on any atom is 0.326 e. The van der Waals surface area contributed by atoms with E-state index >= 15 is 0 Å². The van der Waals surface area contributed by atoms with Gasteiger partial charge in [0.2, 0.25) is 0 Å². The molecule has 0 saturated heterocycles. The quantitative estimate of drug-likeness (QED) is 0.752. The van der Waals surface area contributed by atoms with Crippen molar-refractivity contribution in [1.29, 1.82) is 0 Å². The maximum absolute atomic E-state index is 11.9. The number of nitrogens with one attached hydrogen (secondary N) is 2. The molecule has 114 valence electrons. The van der Waals surface area contributed by atoms with E-state index in [1.54, 1.807) is 0 Å². The molecule has 3 atom stereocenters. The molecule has 0 aromatic heterocycles. The topological polar surface area (TPSA) is 78.4 Å². The van der Waals surface area contributed by atoms with E-state index in [0.29, 0.717) is 12.3 Å². The highest BCUT2D eigenvalue weighted by molar-refractivity contribution is 5.82. The molecule has 5 nitrogen and oxygen atoms in total. The van der Waals surface area contributed by atoms with Crippen LogP contribution in [0.3, 0.4) is 0 Å². The average Bonchev–Trinajstić information content (AvgIpc) is 3.17. The highest BCUT2D eigenvalue weighted by Crippen LogP contribution is 2.40. The number of aliphatic carboxylic acids is 1. The first-order valence-corrected chi connectivity index (χ1v) is 7.32. The van der Waals surface area contributed by atoms with Crippen LogP contribution in [-0.2, 0) is 4.79 Å². The fraction of sp³-hybridized carbons (Fsp3) is 0.500. The van der Waals surface area contributed by atoms with Crippen LogP contribution < -0.4 is 10.6 Å². The van der Waals surface area contributed by atoms with Crippen molar-refractivity contribution in [2.75, 3.05) is 0 Å². The van der Waals surface area contributed by atoms with Gasteiger partial charge in [0.05, 0.1) is 0 Å². The second-order valence-electron chi connectivity index (χ2n) is 6.00. The predicted octanol–water partition coefficient (Wildman–Crippen LogP) is 2.34. The van der Waals surface area contributed by atoms with Crippen molar-refractivity contribution in [3.8, 4) is 0 Å². The van der Waals surface area contributed by atoms with Gasteiger partial charge in [-0.2, -0.15) is 0 Å². The number of carbonyl (C=O) groups is 2. The molecule has 1 aliphatic carbocycles. The molecule has 3 N–H and O–H groups in total. The molecule has 1 aliphatic rings. The molecule has 0 aliphatic heterocycles. The van der Waals surface area contributed by atoms with E-state index in [9.17, 15) is 9.59 Å². The molecular formula is C16H22N2O3. The Morgan fingerprint density at radius 3 is 2.52 bits per heavy atom. The first kappa shape index (κ1) is 15.4. The number of carboxylic acid groups (broad SMARTS) is 1. The molecule has 1 saturated carbocycles. The zero-order valence-electron chi connectivity index (χ0n) is 12.4. The van der Waals surface area contributed by atoms with E-state index in [-0.39, 0.29) is 12.0 Å². The second kappa shape index (κ2) is 6.61. The standard InChI is InChI=1S/C16H22N2O3/c1-10(2)8-14(15(19)20)18-16(21)17-13-9-12(13)11-6-4-3-5-7-11/h3-7,10,12-14H,8-9H2,1-2H3,(H,19,20)(H2,17,18,21). The van der Waals surface area contributed by atoms with Gasteiger partial charge in [0.15, 0.2) is 0 Å². The summed E-state index contributed by atoms with van der Waals surface area (Å²) >= 11 is 0. The largest absolute Gasteiger partial charge is 0.480 e. The fourth-order valence-corrected chi connectivity index (χ4v) is 2.48. The fourth-order valence-electron chi connectivity index (χ4n) is 2.48. The van der Waals surface area contributed by atoms with Crippen LogP contribution in [0.25, 0.3) is 0 Å². The number of urea groups is 1. The molecule has 1 fully saturated rings. The van der Waals surface area contributed by atoms with Crippen LogP contribution in [0.1, 0.15) is 38.2 Å². The van der Waals surface area contributed by atoms with Gasteiger partial charge in [-0.25, -0.2) is 9.59 Å². The first-order chi connectivity index (χ1) is 9.97. The molecule has 0 radical (unpaired) electrons. The summed E-state index contributed by atoms with van der Waals surface area (Å²) in [6, 6.07) is 8.88. The Morgan fingerprint density at radius 2 is 1.95 bits per heavy atom. The Balaban J connectivity index is 1.81. The van der Waals surface area contributed by atoms with Crippen LogP contribution in [0.2, 0.25) is 0 Å². The summed E-state index contributed by atoms with van der Waals surface area (Å²) in [7, 11) is 0. The molecule has 0 heterocycles. The van der Waals surface area contributed by atoms with Crippen molar-refractivity contribution in [2.24, 2.45) is 5.92 Å². The average molecular weight is 290 g/mol. The van der Waals surface area contributed by atoms with Crippen LogP contribution in [0.4, 0.5) is 4.79 Å². The van der Waals surface area contributed by atoms with E-state index < -0.39 is 18.0 Å². The van der Waals surface area contributed by atoms with Crippen molar-refractivity contribution in [2.45, 2.75) is 44.7 Å². The maximum atomic E-state index is 11.9. The van der Waals surface area contributed by atoms with Gasteiger partial charge in [-0.15, -0.1) is 0 Å². The Labute approximate surface area is 124 Å².